The van der Waals surface area contributed by atoms with Crippen molar-refractivity contribution in [2.24, 2.45) is 0 Å². The highest BCUT2D eigenvalue weighted by Gasteiger charge is 2.30. The SMILES string of the molecule is COC(=O)CCOCCOC(=O)c1ccccc1Nc1cccc(C(F)(F)F)c1. The molecule has 1 N–H and O–H groups in total. The van der Waals surface area contributed by atoms with Crippen LogP contribution < -0.4 is 5.32 Å². The van der Waals surface area contributed by atoms with Crippen molar-refractivity contribution in [2.45, 2.75) is 12.6 Å². The van der Waals surface area contributed by atoms with Gasteiger partial charge in [-0.1, -0.05) is 18.2 Å². The maximum Gasteiger partial charge on any atom is 0.416 e. The normalized spacial score (nSPS) is 11.0. The van der Waals surface area contributed by atoms with Crippen LogP contribution >= 0.6 is 0 Å². The van der Waals surface area contributed by atoms with Crippen LogP contribution in [0.25, 0.3) is 0 Å². The monoisotopic (exact) mass is 411 g/mol. The van der Waals surface area contributed by atoms with E-state index in [9.17, 15) is 22.8 Å². The third-order valence-electron chi connectivity index (χ3n) is 3.75. The molecule has 0 heterocycles. The highest BCUT2D eigenvalue weighted by Crippen LogP contribution is 2.31. The first-order valence-corrected chi connectivity index (χ1v) is 8.66. The largest absolute Gasteiger partial charge is 0.469 e. The molecule has 29 heavy (non-hydrogen) atoms. The zero-order valence-corrected chi connectivity index (χ0v) is 15.6. The van der Waals surface area contributed by atoms with Crippen molar-refractivity contribution in [2.75, 3.05) is 32.2 Å². The lowest BCUT2D eigenvalue weighted by atomic mass is 10.1. The summed E-state index contributed by atoms with van der Waals surface area (Å²) >= 11 is 0. The number of carbonyl (C=O) groups excluding carboxylic acids is 2. The molecule has 2 rings (SSSR count). The number of anilines is 2. The second kappa shape index (κ2) is 10.5. The van der Waals surface area contributed by atoms with Crippen molar-refractivity contribution in [3.8, 4) is 0 Å². The Balaban J connectivity index is 1.94. The lowest BCUT2D eigenvalue weighted by molar-refractivity contribution is -0.142. The summed E-state index contributed by atoms with van der Waals surface area (Å²) in [4.78, 5) is 23.2. The number of hydrogen-bond acceptors (Lipinski definition) is 6. The van der Waals surface area contributed by atoms with Gasteiger partial charge >= 0.3 is 18.1 Å². The lowest BCUT2D eigenvalue weighted by Gasteiger charge is -2.13. The molecule has 0 aliphatic rings. The summed E-state index contributed by atoms with van der Waals surface area (Å²) in [5.41, 5.74) is -0.138. The van der Waals surface area contributed by atoms with Crippen LogP contribution in [0.2, 0.25) is 0 Å². The molecule has 9 heteroatoms. The molecule has 0 saturated heterocycles. The highest BCUT2D eigenvalue weighted by molar-refractivity contribution is 5.96. The third kappa shape index (κ3) is 7.11. The van der Waals surface area contributed by atoms with E-state index in [4.69, 9.17) is 9.47 Å². The minimum atomic E-state index is -4.47. The minimum absolute atomic E-state index is 0.0438. The van der Waals surface area contributed by atoms with Gasteiger partial charge in [0.15, 0.2) is 0 Å². The van der Waals surface area contributed by atoms with E-state index < -0.39 is 23.7 Å². The fourth-order valence-electron chi connectivity index (χ4n) is 2.33. The van der Waals surface area contributed by atoms with E-state index >= 15 is 0 Å². The number of rotatable bonds is 9. The second-order valence-electron chi connectivity index (χ2n) is 5.82. The summed E-state index contributed by atoms with van der Waals surface area (Å²) in [5.74, 6) is -1.06. The molecule has 0 amide bonds. The van der Waals surface area contributed by atoms with E-state index in [1.807, 2.05) is 0 Å². The van der Waals surface area contributed by atoms with E-state index in [2.05, 4.69) is 10.1 Å². The van der Waals surface area contributed by atoms with E-state index in [0.29, 0.717) is 5.69 Å². The molecule has 0 spiro atoms. The Hall–Kier alpha value is -3.07. The smallest absolute Gasteiger partial charge is 0.416 e. The van der Waals surface area contributed by atoms with Gasteiger partial charge in [-0.2, -0.15) is 13.2 Å². The standard InChI is InChI=1S/C20H20F3NO5/c1-27-18(25)9-10-28-11-12-29-19(26)16-7-2-3-8-17(16)24-15-6-4-5-14(13-15)20(21,22)23/h2-8,13,24H,9-12H2,1H3. The van der Waals surface area contributed by atoms with Crippen LogP contribution in [-0.2, 0) is 25.2 Å². The Morgan fingerprint density at radius 3 is 2.48 bits per heavy atom. The van der Waals surface area contributed by atoms with Crippen molar-refractivity contribution in [3.63, 3.8) is 0 Å². The van der Waals surface area contributed by atoms with Gasteiger partial charge in [0.1, 0.15) is 6.61 Å². The van der Waals surface area contributed by atoms with Gasteiger partial charge < -0.3 is 19.5 Å². The number of methoxy groups -OCH3 is 1. The molecule has 0 aliphatic heterocycles. The molecule has 2 aromatic carbocycles. The quantitative estimate of drug-likeness (QED) is 0.493. The highest BCUT2D eigenvalue weighted by atomic mass is 19.4. The topological polar surface area (TPSA) is 73.9 Å². The summed E-state index contributed by atoms with van der Waals surface area (Å²) in [6.45, 7) is 0.182. The van der Waals surface area contributed by atoms with Gasteiger partial charge in [-0.15, -0.1) is 0 Å². The number of ether oxygens (including phenoxy) is 3. The first-order valence-electron chi connectivity index (χ1n) is 8.66. The summed E-state index contributed by atoms with van der Waals surface area (Å²) < 4.78 is 53.3. The van der Waals surface area contributed by atoms with Crippen molar-refractivity contribution in [3.05, 3.63) is 59.7 Å². The fraction of sp³-hybridized carbons (Fsp3) is 0.300. The van der Waals surface area contributed by atoms with Crippen molar-refractivity contribution in [1.82, 2.24) is 0 Å². The predicted molar refractivity (Wildman–Crippen MR) is 98.9 cm³/mol. The number of alkyl halides is 3. The summed E-state index contributed by atoms with van der Waals surface area (Å²) in [5, 5.41) is 2.81. The van der Waals surface area contributed by atoms with Crippen molar-refractivity contribution in [1.29, 1.82) is 0 Å². The first-order chi connectivity index (χ1) is 13.8. The summed E-state index contributed by atoms with van der Waals surface area (Å²) in [6, 6.07) is 11.0. The molecule has 0 aliphatic carbocycles. The molecule has 0 atom stereocenters. The summed E-state index contributed by atoms with van der Waals surface area (Å²) in [6.07, 6.45) is -4.38. The number of halogens is 3. The van der Waals surface area contributed by atoms with Gasteiger partial charge in [0, 0.05) is 5.69 Å². The van der Waals surface area contributed by atoms with Crippen LogP contribution in [-0.4, -0.2) is 38.9 Å². The zero-order valence-electron chi connectivity index (χ0n) is 15.6. The zero-order chi connectivity index (χ0) is 21.3. The molecule has 6 nitrogen and oxygen atoms in total. The molecule has 0 unspecified atom stereocenters. The Morgan fingerprint density at radius 2 is 1.76 bits per heavy atom. The maximum absolute atomic E-state index is 12.9. The van der Waals surface area contributed by atoms with E-state index in [-0.39, 0.29) is 37.5 Å². The number of benzene rings is 2. The lowest BCUT2D eigenvalue weighted by Crippen LogP contribution is -2.14. The second-order valence-corrected chi connectivity index (χ2v) is 5.82. The number of esters is 2. The van der Waals surface area contributed by atoms with Gasteiger partial charge in [-0.05, 0) is 30.3 Å². The number of para-hydroxylation sites is 1. The van der Waals surface area contributed by atoms with Crippen molar-refractivity contribution < 1.29 is 37.0 Å². The number of carbonyl (C=O) groups is 2. The predicted octanol–water partition coefficient (Wildman–Crippen LogP) is 4.19. The Kier molecular flexibility index (Phi) is 8.02. The molecule has 2 aromatic rings. The van der Waals surface area contributed by atoms with E-state index in [1.165, 1.54) is 25.3 Å². The molecule has 0 aromatic heterocycles. The molecule has 156 valence electrons. The molecular formula is C20H20F3NO5. The fourth-order valence-corrected chi connectivity index (χ4v) is 2.33. The maximum atomic E-state index is 12.9. The Morgan fingerprint density at radius 1 is 1.00 bits per heavy atom. The van der Waals surface area contributed by atoms with Gasteiger partial charge in [0.05, 0.1) is 43.6 Å². The molecular weight excluding hydrogens is 391 g/mol. The van der Waals surface area contributed by atoms with Gasteiger partial charge in [-0.25, -0.2) is 4.79 Å². The van der Waals surface area contributed by atoms with Crippen LogP contribution in [0.3, 0.4) is 0 Å². The first kappa shape index (κ1) is 22.2. The average molecular weight is 411 g/mol. The molecule has 0 bridgehead atoms. The van der Waals surface area contributed by atoms with Gasteiger partial charge in [-0.3, -0.25) is 4.79 Å². The van der Waals surface area contributed by atoms with E-state index in [1.54, 1.807) is 18.2 Å². The minimum Gasteiger partial charge on any atom is -0.469 e. The van der Waals surface area contributed by atoms with E-state index in [0.717, 1.165) is 12.1 Å². The molecule has 0 radical (unpaired) electrons. The summed E-state index contributed by atoms with van der Waals surface area (Å²) in [7, 11) is 1.27. The molecule has 0 fully saturated rings. The number of hydrogen-bond donors (Lipinski definition) is 1. The van der Waals surface area contributed by atoms with Crippen LogP contribution in [0, 0.1) is 0 Å². The average Bonchev–Trinajstić information content (AvgIpc) is 2.70. The van der Waals surface area contributed by atoms with Crippen molar-refractivity contribution >= 4 is 23.3 Å². The van der Waals surface area contributed by atoms with Crippen LogP contribution in [0.1, 0.15) is 22.3 Å². The Labute approximate surface area is 165 Å². The van der Waals surface area contributed by atoms with Crippen LogP contribution in [0.15, 0.2) is 48.5 Å². The molecule has 0 saturated carbocycles. The Bertz CT molecular complexity index is 839. The van der Waals surface area contributed by atoms with Gasteiger partial charge in [0.25, 0.3) is 0 Å². The number of nitrogens with one attached hydrogen (secondary N) is 1. The third-order valence-corrected chi connectivity index (χ3v) is 3.75. The van der Waals surface area contributed by atoms with Crippen LogP contribution in [0.5, 0.6) is 0 Å². The van der Waals surface area contributed by atoms with Crippen LogP contribution in [0.4, 0.5) is 24.5 Å². The van der Waals surface area contributed by atoms with Gasteiger partial charge in [0.2, 0.25) is 0 Å².